The Morgan fingerprint density at radius 1 is 1.17 bits per heavy atom. The molecule has 1 atom stereocenters. The lowest BCUT2D eigenvalue weighted by Gasteiger charge is -2.30. The van der Waals surface area contributed by atoms with Gasteiger partial charge < -0.3 is 4.90 Å². The van der Waals surface area contributed by atoms with Crippen LogP contribution < -0.4 is 4.72 Å². The van der Waals surface area contributed by atoms with Crippen molar-refractivity contribution in [2.24, 2.45) is 5.92 Å². The third-order valence-corrected chi connectivity index (χ3v) is 6.67. The molecule has 0 aliphatic heterocycles. The second kappa shape index (κ2) is 9.21. The summed E-state index contributed by atoms with van der Waals surface area (Å²) in [5.41, 5.74) is 1.53. The van der Waals surface area contributed by atoms with E-state index in [4.69, 9.17) is 5.26 Å². The van der Waals surface area contributed by atoms with Crippen molar-refractivity contribution in [3.05, 3.63) is 65.7 Å². The molecule has 1 saturated carbocycles. The van der Waals surface area contributed by atoms with E-state index in [1.165, 1.54) is 12.1 Å². The van der Waals surface area contributed by atoms with Gasteiger partial charge >= 0.3 is 0 Å². The second-order valence-electron chi connectivity index (χ2n) is 7.33. The van der Waals surface area contributed by atoms with Gasteiger partial charge in [-0.25, -0.2) is 13.1 Å². The van der Waals surface area contributed by atoms with Crippen molar-refractivity contribution in [1.29, 1.82) is 5.26 Å². The molecule has 2 aromatic rings. The third-order valence-electron chi connectivity index (χ3n) is 5.19. The summed E-state index contributed by atoms with van der Waals surface area (Å²) < 4.78 is 26.9. The first-order valence-corrected chi connectivity index (χ1v) is 11.2. The molecule has 1 amide bonds. The third kappa shape index (κ3) is 5.43. The topological polar surface area (TPSA) is 90.3 Å². The van der Waals surface area contributed by atoms with Gasteiger partial charge in [0, 0.05) is 31.1 Å². The number of nitrogens with one attached hydrogen (secondary N) is 1. The summed E-state index contributed by atoms with van der Waals surface area (Å²) >= 11 is 0. The van der Waals surface area contributed by atoms with Crippen molar-refractivity contribution in [2.45, 2.75) is 43.7 Å². The fourth-order valence-electron chi connectivity index (χ4n) is 3.28. The number of carbonyl (C=O) groups is 1. The number of sulfonamides is 1. The molecule has 1 fully saturated rings. The van der Waals surface area contributed by atoms with Gasteiger partial charge in [0.25, 0.3) is 5.91 Å². The maximum atomic E-state index is 13.2. The molecular formula is C22H25N3O3S. The number of hydrogen-bond acceptors (Lipinski definition) is 4. The van der Waals surface area contributed by atoms with Crippen LogP contribution in [0.5, 0.6) is 0 Å². The van der Waals surface area contributed by atoms with Gasteiger partial charge in [0.05, 0.1) is 11.0 Å². The van der Waals surface area contributed by atoms with Crippen molar-refractivity contribution in [3.8, 4) is 6.07 Å². The van der Waals surface area contributed by atoms with Crippen LogP contribution in [0.2, 0.25) is 0 Å². The monoisotopic (exact) mass is 411 g/mol. The zero-order valence-corrected chi connectivity index (χ0v) is 17.2. The molecule has 1 unspecified atom stereocenters. The predicted molar refractivity (Wildman–Crippen MR) is 110 cm³/mol. The lowest BCUT2D eigenvalue weighted by atomic mass is 10.1. The van der Waals surface area contributed by atoms with E-state index in [9.17, 15) is 13.2 Å². The Kier molecular flexibility index (Phi) is 6.68. The van der Waals surface area contributed by atoms with E-state index in [0.29, 0.717) is 18.0 Å². The van der Waals surface area contributed by atoms with Gasteiger partial charge in [0.1, 0.15) is 0 Å². The number of amides is 1. The van der Waals surface area contributed by atoms with E-state index in [0.717, 1.165) is 18.4 Å². The van der Waals surface area contributed by atoms with E-state index < -0.39 is 10.0 Å². The fourth-order valence-corrected chi connectivity index (χ4v) is 4.31. The van der Waals surface area contributed by atoms with Gasteiger partial charge in [0.15, 0.2) is 0 Å². The summed E-state index contributed by atoms with van der Waals surface area (Å²) in [6.07, 6.45) is 2.36. The highest BCUT2D eigenvalue weighted by molar-refractivity contribution is 7.89. The Labute approximate surface area is 172 Å². The quantitative estimate of drug-likeness (QED) is 0.641. The lowest BCUT2D eigenvalue weighted by Crippen LogP contribution is -2.39. The highest BCUT2D eigenvalue weighted by Gasteiger charge is 2.34. The van der Waals surface area contributed by atoms with E-state index in [-0.39, 0.29) is 29.8 Å². The molecule has 0 saturated heterocycles. The Balaban J connectivity index is 1.78. The highest BCUT2D eigenvalue weighted by atomic mass is 32.2. The zero-order valence-electron chi connectivity index (χ0n) is 16.4. The number of nitriles is 1. The van der Waals surface area contributed by atoms with Crippen molar-refractivity contribution >= 4 is 15.9 Å². The Bertz CT molecular complexity index is 978. The van der Waals surface area contributed by atoms with Crippen molar-refractivity contribution in [1.82, 2.24) is 9.62 Å². The first kappa shape index (κ1) is 21.0. The number of rotatable bonds is 9. The van der Waals surface area contributed by atoms with E-state index in [2.05, 4.69) is 11.6 Å². The highest BCUT2D eigenvalue weighted by Crippen LogP contribution is 2.36. The molecular weight excluding hydrogens is 386 g/mol. The molecule has 2 aromatic carbocycles. The van der Waals surface area contributed by atoms with Crippen LogP contribution in [0.3, 0.4) is 0 Å². The maximum absolute atomic E-state index is 13.2. The normalized spacial score (nSPS) is 14.8. The minimum atomic E-state index is -3.69. The summed E-state index contributed by atoms with van der Waals surface area (Å²) in [5, 5.41) is 8.55. The molecule has 0 bridgehead atoms. The molecule has 3 rings (SSSR count). The standard InChI is InChI=1S/C22H25N3O3S/c1-17(19-8-9-19)25(16-18-6-3-2-4-7-18)22(26)20-10-12-21(13-11-20)29(27,28)24-15-5-14-23/h2-4,6-7,10-13,17,19,24H,5,8-9,15-16H2,1H3. The number of nitrogens with zero attached hydrogens (tertiary/aromatic N) is 2. The molecule has 1 N–H and O–H groups in total. The van der Waals surface area contributed by atoms with Crippen LogP contribution >= 0.6 is 0 Å². The molecule has 1 aliphatic rings. The van der Waals surface area contributed by atoms with Gasteiger partial charge in [-0.1, -0.05) is 30.3 Å². The van der Waals surface area contributed by atoms with Gasteiger partial charge in [-0.15, -0.1) is 0 Å². The van der Waals surface area contributed by atoms with Gasteiger partial charge in [-0.05, 0) is 55.5 Å². The largest absolute Gasteiger partial charge is 0.331 e. The van der Waals surface area contributed by atoms with Crippen LogP contribution in [0.15, 0.2) is 59.5 Å². The molecule has 0 aromatic heterocycles. The number of hydrogen-bond donors (Lipinski definition) is 1. The fraction of sp³-hybridized carbons (Fsp3) is 0.364. The predicted octanol–water partition coefficient (Wildman–Crippen LogP) is 3.32. The number of benzene rings is 2. The average Bonchev–Trinajstić information content (AvgIpc) is 3.57. The lowest BCUT2D eigenvalue weighted by molar-refractivity contribution is 0.0654. The Morgan fingerprint density at radius 3 is 2.41 bits per heavy atom. The summed E-state index contributed by atoms with van der Waals surface area (Å²) in [6, 6.07) is 17.9. The van der Waals surface area contributed by atoms with E-state index >= 15 is 0 Å². The van der Waals surface area contributed by atoms with Gasteiger partial charge in [-0.3, -0.25) is 4.79 Å². The van der Waals surface area contributed by atoms with Crippen molar-refractivity contribution in [2.75, 3.05) is 6.54 Å². The van der Waals surface area contributed by atoms with E-state index in [1.807, 2.05) is 41.3 Å². The SMILES string of the molecule is CC(C1CC1)N(Cc1ccccc1)C(=O)c1ccc(S(=O)(=O)NCCC#N)cc1. The summed E-state index contributed by atoms with van der Waals surface area (Å²) in [5.74, 6) is 0.418. The molecule has 6 nitrogen and oxygen atoms in total. The van der Waals surface area contributed by atoms with Gasteiger partial charge in [-0.2, -0.15) is 5.26 Å². The molecule has 29 heavy (non-hydrogen) atoms. The average molecular weight is 412 g/mol. The first-order valence-electron chi connectivity index (χ1n) is 9.74. The van der Waals surface area contributed by atoms with Crippen LogP contribution in [0, 0.1) is 17.2 Å². The summed E-state index contributed by atoms with van der Waals surface area (Å²) in [6.45, 7) is 2.66. The second-order valence-corrected chi connectivity index (χ2v) is 9.09. The van der Waals surface area contributed by atoms with Crippen LogP contribution in [-0.4, -0.2) is 31.8 Å². The van der Waals surface area contributed by atoms with Gasteiger partial charge in [0.2, 0.25) is 10.0 Å². The van der Waals surface area contributed by atoms with Crippen LogP contribution in [0.4, 0.5) is 0 Å². The minimum Gasteiger partial charge on any atom is -0.331 e. The summed E-state index contributed by atoms with van der Waals surface area (Å²) in [4.78, 5) is 15.2. The van der Waals surface area contributed by atoms with Crippen molar-refractivity contribution in [3.63, 3.8) is 0 Å². The van der Waals surface area contributed by atoms with E-state index in [1.54, 1.807) is 12.1 Å². The molecule has 7 heteroatoms. The molecule has 0 spiro atoms. The van der Waals surface area contributed by atoms with Crippen molar-refractivity contribution < 1.29 is 13.2 Å². The smallest absolute Gasteiger partial charge is 0.254 e. The first-order chi connectivity index (χ1) is 13.9. The Hall–Kier alpha value is -2.69. The Morgan fingerprint density at radius 2 is 1.83 bits per heavy atom. The minimum absolute atomic E-state index is 0.0588. The molecule has 0 radical (unpaired) electrons. The van der Waals surface area contributed by atoms with Crippen LogP contribution in [0.1, 0.15) is 42.1 Å². The molecule has 1 aliphatic carbocycles. The van der Waals surface area contributed by atoms with Crippen LogP contribution in [-0.2, 0) is 16.6 Å². The van der Waals surface area contributed by atoms with Crippen LogP contribution in [0.25, 0.3) is 0 Å². The molecule has 0 heterocycles. The summed E-state index contributed by atoms with van der Waals surface area (Å²) in [7, 11) is -3.69. The number of carbonyl (C=O) groups excluding carboxylic acids is 1. The zero-order chi connectivity index (χ0) is 20.9. The maximum Gasteiger partial charge on any atom is 0.254 e. The molecule has 152 valence electrons.